The zero-order valence-corrected chi connectivity index (χ0v) is 15.0. The summed E-state index contributed by atoms with van der Waals surface area (Å²) in [4.78, 5) is 12.3. The standard InChI is InChI=1S/C16H26N2O3S/c1-7-13(4)17-16(19)14(5)18(22(6,20)21)15-9-8-11(2)12(3)10-15/h8-10,13-14H,7H2,1-6H3,(H,17,19). The van der Waals surface area contributed by atoms with E-state index in [9.17, 15) is 13.2 Å². The molecule has 0 saturated heterocycles. The van der Waals surface area contributed by atoms with Crippen LogP contribution in [0.2, 0.25) is 0 Å². The first-order chi connectivity index (χ1) is 10.1. The highest BCUT2D eigenvalue weighted by Crippen LogP contribution is 2.23. The van der Waals surface area contributed by atoms with E-state index in [0.29, 0.717) is 5.69 Å². The molecule has 0 aliphatic carbocycles. The lowest BCUT2D eigenvalue weighted by Crippen LogP contribution is -2.49. The molecule has 124 valence electrons. The van der Waals surface area contributed by atoms with Crippen LogP contribution >= 0.6 is 0 Å². The smallest absolute Gasteiger partial charge is 0.243 e. The summed E-state index contributed by atoms with van der Waals surface area (Å²) in [7, 11) is -3.56. The Hall–Kier alpha value is -1.56. The molecule has 0 heterocycles. The third kappa shape index (κ3) is 4.47. The Labute approximate surface area is 133 Å². The van der Waals surface area contributed by atoms with Crippen molar-refractivity contribution in [2.45, 2.75) is 53.1 Å². The molecule has 2 atom stereocenters. The van der Waals surface area contributed by atoms with Crippen LogP contribution in [-0.2, 0) is 14.8 Å². The zero-order valence-electron chi connectivity index (χ0n) is 14.2. The second kappa shape index (κ2) is 7.13. The minimum absolute atomic E-state index is 0.0103. The van der Waals surface area contributed by atoms with Crippen LogP contribution in [0.4, 0.5) is 5.69 Å². The molecule has 1 aromatic rings. The summed E-state index contributed by atoms with van der Waals surface area (Å²) in [6, 6.07) is 4.60. The molecular weight excluding hydrogens is 300 g/mol. The maximum atomic E-state index is 12.3. The summed E-state index contributed by atoms with van der Waals surface area (Å²) in [5.41, 5.74) is 2.58. The summed E-state index contributed by atoms with van der Waals surface area (Å²) >= 11 is 0. The van der Waals surface area contributed by atoms with Crippen LogP contribution in [0.1, 0.15) is 38.3 Å². The Balaban J connectivity index is 3.19. The van der Waals surface area contributed by atoms with E-state index in [1.54, 1.807) is 19.1 Å². The van der Waals surface area contributed by atoms with Gasteiger partial charge in [0.2, 0.25) is 15.9 Å². The minimum atomic E-state index is -3.56. The van der Waals surface area contributed by atoms with E-state index in [4.69, 9.17) is 0 Å². The molecule has 1 rings (SSSR count). The second-order valence-corrected chi connectivity index (χ2v) is 7.68. The molecule has 0 aromatic heterocycles. The predicted molar refractivity (Wildman–Crippen MR) is 90.6 cm³/mol. The van der Waals surface area contributed by atoms with Gasteiger partial charge in [-0.3, -0.25) is 9.10 Å². The summed E-state index contributed by atoms with van der Waals surface area (Å²) in [5, 5.41) is 2.83. The van der Waals surface area contributed by atoms with Gasteiger partial charge in [-0.05, 0) is 57.4 Å². The first-order valence-corrected chi connectivity index (χ1v) is 9.29. The fourth-order valence-electron chi connectivity index (χ4n) is 2.14. The van der Waals surface area contributed by atoms with Crippen molar-refractivity contribution < 1.29 is 13.2 Å². The van der Waals surface area contributed by atoms with E-state index in [0.717, 1.165) is 23.8 Å². The number of carbonyl (C=O) groups excluding carboxylic acids is 1. The molecule has 5 nitrogen and oxygen atoms in total. The van der Waals surface area contributed by atoms with Crippen LogP contribution in [0, 0.1) is 13.8 Å². The number of benzene rings is 1. The Morgan fingerprint density at radius 2 is 1.82 bits per heavy atom. The van der Waals surface area contributed by atoms with Crippen molar-refractivity contribution >= 4 is 21.6 Å². The van der Waals surface area contributed by atoms with Gasteiger partial charge >= 0.3 is 0 Å². The van der Waals surface area contributed by atoms with Crippen molar-refractivity contribution in [3.8, 4) is 0 Å². The quantitative estimate of drug-likeness (QED) is 0.873. The molecule has 0 saturated carbocycles. The average Bonchev–Trinajstić information content (AvgIpc) is 2.41. The summed E-state index contributed by atoms with van der Waals surface area (Å²) in [6.45, 7) is 9.35. The number of rotatable bonds is 6. The highest BCUT2D eigenvalue weighted by Gasteiger charge is 2.29. The van der Waals surface area contributed by atoms with E-state index in [2.05, 4.69) is 5.32 Å². The van der Waals surface area contributed by atoms with Crippen LogP contribution in [0.5, 0.6) is 0 Å². The topological polar surface area (TPSA) is 66.5 Å². The molecule has 0 bridgehead atoms. The molecule has 1 amide bonds. The van der Waals surface area contributed by atoms with Crippen LogP contribution in [0.3, 0.4) is 0 Å². The van der Waals surface area contributed by atoms with Crippen molar-refractivity contribution in [2.24, 2.45) is 0 Å². The van der Waals surface area contributed by atoms with Gasteiger partial charge in [0, 0.05) is 6.04 Å². The zero-order chi connectivity index (χ0) is 17.1. The highest BCUT2D eigenvalue weighted by molar-refractivity contribution is 7.92. The van der Waals surface area contributed by atoms with Gasteiger partial charge in [-0.1, -0.05) is 13.0 Å². The Kier molecular flexibility index (Phi) is 6.00. The molecule has 6 heteroatoms. The van der Waals surface area contributed by atoms with Gasteiger partial charge in [-0.15, -0.1) is 0 Å². The molecule has 1 aromatic carbocycles. The maximum Gasteiger partial charge on any atom is 0.243 e. The van der Waals surface area contributed by atoms with Crippen molar-refractivity contribution in [1.82, 2.24) is 5.32 Å². The largest absolute Gasteiger partial charge is 0.352 e. The van der Waals surface area contributed by atoms with Gasteiger partial charge in [-0.2, -0.15) is 0 Å². The number of carbonyl (C=O) groups is 1. The Morgan fingerprint density at radius 1 is 1.23 bits per heavy atom. The van der Waals surface area contributed by atoms with Crippen molar-refractivity contribution in [2.75, 3.05) is 10.6 Å². The van der Waals surface area contributed by atoms with Gasteiger partial charge in [0.05, 0.1) is 11.9 Å². The monoisotopic (exact) mass is 326 g/mol. The Bertz CT molecular complexity index is 641. The molecular formula is C16H26N2O3S. The number of hydrogen-bond donors (Lipinski definition) is 1. The van der Waals surface area contributed by atoms with E-state index >= 15 is 0 Å². The van der Waals surface area contributed by atoms with Crippen LogP contribution in [-0.4, -0.2) is 32.7 Å². The van der Waals surface area contributed by atoms with Gasteiger partial charge in [0.15, 0.2) is 0 Å². The second-order valence-electron chi connectivity index (χ2n) is 5.82. The summed E-state index contributed by atoms with van der Waals surface area (Å²) < 4.78 is 25.5. The van der Waals surface area contributed by atoms with E-state index < -0.39 is 16.1 Å². The highest BCUT2D eigenvalue weighted by atomic mass is 32.2. The normalized spacial score (nSPS) is 14.3. The van der Waals surface area contributed by atoms with Crippen LogP contribution in [0.15, 0.2) is 18.2 Å². The summed E-state index contributed by atoms with van der Waals surface area (Å²) in [6.07, 6.45) is 1.91. The van der Waals surface area contributed by atoms with Crippen molar-refractivity contribution in [3.05, 3.63) is 29.3 Å². The average molecular weight is 326 g/mol. The lowest BCUT2D eigenvalue weighted by molar-refractivity contribution is -0.122. The third-order valence-corrected chi connectivity index (χ3v) is 5.08. The van der Waals surface area contributed by atoms with Crippen molar-refractivity contribution in [3.63, 3.8) is 0 Å². The first-order valence-electron chi connectivity index (χ1n) is 7.45. The van der Waals surface area contributed by atoms with E-state index in [-0.39, 0.29) is 11.9 Å². The van der Waals surface area contributed by atoms with Gasteiger partial charge < -0.3 is 5.32 Å². The number of aryl methyl sites for hydroxylation is 2. The van der Waals surface area contributed by atoms with E-state index in [1.165, 1.54) is 4.31 Å². The molecule has 0 aliphatic heterocycles. The molecule has 2 unspecified atom stereocenters. The number of hydrogen-bond acceptors (Lipinski definition) is 3. The van der Waals surface area contributed by atoms with Crippen LogP contribution < -0.4 is 9.62 Å². The number of nitrogens with zero attached hydrogens (tertiary/aromatic N) is 1. The first kappa shape index (κ1) is 18.5. The predicted octanol–water partition coefficient (Wildman–Crippen LogP) is 2.37. The van der Waals surface area contributed by atoms with E-state index in [1.807, 2.05) is 33.8 Å². The maximum absolute atomic E-state index is 12.3. The molecule has 0 fully saturated rings. The number of nitrogens with one attached hydrogen (secondary N) is 1. The number of anilines is 1. The molecule has 0 spiro atoms. The summed E-state index contributed by atoms with van der Waals surface area (Å²) in [5.74, 6) is -0.294. The fourth-order valence-corrected chi connectivity index (χ4v) is 3.30. The third-order valence-electron chi connectivity index (χ3n) is 3.83. The molecule has 0 aliphatic rings. The minimum Gasteiger partial charge on any atom is -0.352 e. The fraction of sp³-hybridized carbons (Fsp3) is 0.562. The lowest BCUT2D eigenvalue weighted by atomic mass is 10.1. The molecule has 0 radical (unpaired) electrons. The van der Waals surface area contributed by atoms with Gasteiger partial charge in [0.1, 0.15) is 6.04 Å². The van der Waals surface area contributed by atoms with Crippen LogP contribution in [0.25, 0.3) is 0 Å². The molecule has 22 heavy (non-hydrogen) atoms. The van der Waals surface area contributed by atoms with Gasteiger partial charge in [0.25, 0.3) is 0 Å². The SMILES string of the molecule is CCC(C)NC(=O)C(C)N(c1ccc(C)c(C)c1)S(C)(=O)=O. The number of amides is 1. The Morgan fingerprint density at radius 3 is 2.27 bits per heavy atom. The number of sulfonamides is 1. The lowest BCUT2D eigenvalue weighted by Gasteiger charge is -2.29. The van der Waals surface area contributed by atoms with Crippen molar-refractivity contribution in [1.29, 1.82) is 0 Å². The van der Waals surface area contributed by atoms with Gasteiger partial charge in [-0.25, -0.2) is 8.42 Å². The molecule has 1 N–H and O–H groups in total.